The number of hydrogen-bond donors (Lipinski definition) is 1. The highest BCUT2D eigenvalue weighted by molar-refractivity contribution is 5.95. The molecule has 0 spiro atoms. The molecule has 6 heteroatoms. The molecule has 3 aromatic rings. The van der Waals surface area contributed by atoms with Crippen molar-refractivity contribution >= 4 is 17.4 Å². The van der Waals surface area contributed by atoms with E-state index >= 15 is 0 Å². The Morgan fingerprint density at radius 2 is 1.67 bits per heavy atom. The van der Waals surface area contributed by atoms with Gasteiger partial charge in [-0.2, -0.15) is 5.10 Å². The first-order valence-corrected chi connectivity index (χ1v) is 12.3. The Morgan fingerprint density at radius 1 is 0.972 bits per heavy atom. The van der Waals surface area contributed by atoms with Crippen LogP contribution < -0.4 is 0 Å². The van der Waals surface area contributed by atoms with Crippen molar-refractivity contribution in [1.82, 2.24) is 14.7 Å². The van der Waals surface area contributed by atoms with E-state index in [1.807, 2.05) is 59.0 Å². The number of allylic oxidation sites excluding steroid dienone is 2. The van der Waals surface area contributed by atoms with Gasteiger partial charge in [0.1, 0.15) is 0 Å². The number of fused-ring (bicyclic) bond motifs is 1. The second kappa shape index (κ2) is 8.63. The average Bonchev–Trinajstić information content (AvgIpc) is 3.24. The summed E-state index contributed by atoms with van der Waals surface area (Å²) < 4.78 is 1.81. The molecule has 36 heavy (non-hydrogen) atoms. The van der Waals surface area contributed by atoms with E-state index in [0.29, 0.717) is 18.7 Å². The second-order valence-electron chi connectivity index (χ2n) is 10.6. The van der Waals surface area contributed by atoms with Gasteiger partial charge in [0.2, 0.25) is 0 Å². The molecule has 1 aliphatic carbocycles. The van der Waals surface area contributed by atoms with Gasteiger partial charge < -0.3 is 10.0 Å². The highest BCUT2D eigenvalue weighted by Gasteiger charge is 2.46. The Kier molecular flexibility index (Phi) is 5.70. The van der Waals surface area contributed by atoms with E-state index in [4.69, 9.17) is 0 Å². The predicted molar refractivity (Wildman–Crippen MR) is 140 cm³/mol. The molecule has 6 nitrogen and oxygen atoms in total. The SMILES string of the molecule is Cc1c(C(=O)N2CC=C3C(C)(C)C(c4ccc(C(=O)O)cc4)=CC[C@]3(C)C2)cnn1-c1ccccc1. The minimum atomic E-state index is -0.921. The maximum atomic E-state index is 13.6. The third-order valence-corrected chi connectivity index (χ3v) is 7.78. The third kappa shape index (κ3) is 3.87. The number of aromatic carboxylic acids is 1. The molecule has 184 valence electrons. The Hall–Kier alpha value is -3.93. The van der Waals surface area contributed by atoms with E-state index in [-0.39, 0.29) is 22.3 Å². The minimum Gasteiger partial charge on any atom is -0.478 e. The number of carbonyl (C=O) groups is 2. The number of amides is 1. The summed E-state index contributed by atoms with van der Waals surface area (Å²) in [6.45, 7) is 9.81. The van der Waals surface area contributed by atoms with Crippen molar-refractivity contribution in [1.29, 1.82) is 0 Å². The zero-order valence-corrected chi connectivity index (χ0v) is 21.2. The van der Waals surface area contributed by atoms with Gasteiger partial charge in [0, 0.05) is 23.9 Å². The highest BCUT2D eigenvalue weighted by atomic mass is 16.4. The summed E-state index contributed by atoms with van der Waals surface area (Å²) in [6.07, 6.45) is 6.97. The number of rotatable bonds is 4. The molecule has 0 saturated carbocycles. The van der Waals surface area contributed by atoms with Gasteiger partial charge in [0.25, 0.3) is 5.91 Å². The van der Waals surface area contributed by atoms with Gasteiger partial charge in [0.05, 0.1) is 28.7 Å². The fraction of sp³-hybridized carbons (Fsp3) is 0.300. The number of para-hydroxylation sites is 1. The monoisotopic (exact) mass is 481 g/mol. The molecule has 0 bridgehead atoms. The smallest absolute Gasteiger partial charge is 0.335 e. The summed E-state index contributed by atoms with van der Waals surface area (Å²) in [5.74, 6) is -0.918. The number of aromatic nitrogens is 2. The van der Waals surface area contributed by atoms with Crippen LogP contribution in [0.3, 0.4) is 0 Å². The van der Waals surface area contributed by atoms with Crippen LogP contribution in [0.1, 0.15) is 59.2 Å². The molecule has 2 heterocycles. The first-order valence-electron chi connectivity index (χ1n) is 12.3. The molecule has 1 aromatic heterocycles. The van der Waals surface area contributed by atoms with Crippen LogP contribution >= 0.6 is 0 Å². The molecule has 0 saturated heterocycles. The lowest BCUT2D eigenvalue weighted by atomic mass is 9.58. The summed E-state index contributed by atoms with van der Waals surface area (Å²) in [7, 11) is 0. The molecule has 0 fully saturated rings. The molecule has 2 aromatic carbocycles. The average molecular weight is 482 g/mol. The molecule has 0 radical (unpaired) electrons. The third-order valence-electron chi connectivity index (χ3n) is 7.78. The Balaban J connectivity index is 1.41. The predicted octanol–water partition coefficient (Wildman–Crippen LogP) is 5.78. The molecule has 5 rings (SSSR count). The van der Waals surface area contributed by atoms with Crippen molar-refractivity contribution in [2.75, 3.05) is 13.1 Å². The van der Waals surface area contributed by atoms with Crippen LogP contribution in [-0.4, -0.2) is 44.8 Å². The van der Waals surface area contributed by atoms with E-state index in [1.165, 1.54) is 11.1 Å². The topological polar surface area (TPSA) is 75.4 Å². The van der Waals surface area contributed by atoms with E-state index < -0.39 is 5.97 Å². The standard InChI is InChI=1S/C30H31N3O3/c1-20-24(18-31-33(20)23-8-6-5-7-9-23)27(34)32-17-15-26-29(2,3)25(14-16-30(26,4)19-32)21-10-12-22(13-11-21)28(35)36/h5-15,18H,16-17,19H2,1-4H3,(H,35,36)/t30-/m1/s1. The van der Waals surface area contributed by atoms with Gasteiger partial charge in [-0.3, -0.25) is 4.79 Å². The molecule has 1 N–H and O–H groups in total. The van der Waals surface area contributed by atoms with Crippen LogP contribution in [0, 0.1) is 17.8 Å². The Bertz CT molecular complexity index is 1400. The zero-order valence-electron chi connectivity index (χ0n) is 21.2. The van der Waals surface area contributed by atoms with Crippen molar-refractivity contribution in [3.05, 3.63) is 101 Å². The summed E-state index contributed by atoms with van der Waals surface area (Å²) in [4.78, 5) is 26.8. The molecule has 1 aliphatic heterocycles. The van der Waals surface area contributed by atoms with Gasteiger partial charge in [-0.1, -0.05) is 68.8 Å². The summed E-state index contributed by atoms with van der Waals surface area (Å²) >= 11 is 0. The molecule has 2 aliphatic rings. The van der Waals surface area contributed by atoms with Crippen LogP contribution in [0.25, 0.3) is 11.3 Å². The molecular formula is C30H31N3O3. The van der Waals surface area contributed by atoms with Crippen LogP contribution in [0.4, 0.5) is 0 Å². The maximum Gasteiger partial charge on any atom is 0.335 e. The lowest BCUT2D eigenvalue weighted by molar-refractivity contribution is 0.0678. The lowest BCUT2D eigenvalue weighted by Gasteiger charge is -2.50. The Labute approximate surface area is 211 Å². The minimum absolute atomic E-state index is 0.00282. The van der Waals surface area contributed by atoms with Crippen LogP contribution in [0.2, 0.25) is 0 Å². The van der Waals surface area contributed by atoms with Crippen molar-refractivity contribution in [2.45, 2.75) is 34.1 Å². The van der Waals surface area contributed by atoms with Crippen LogP contribution in [0.15, 0.2) is 78.5 Å². The van der Waals surface area contributed by atoms with Gasteiger partial charge in [0.15, 0.2) is 0 Å². The summed E-state index contributed by atoms with van der Waals surface area (Å²) in [6, 6.07) is 17.0. The van der Waals surface area contributed by atoms with Gasteiger partial charge in [-0.15, -0.1) is 0 Å². The Morgan fingerprint density at radius 3 is 2.33 bits per heavy atom. The van der Waals surface area contributed by atoms with Crippen molar-refractivity contribution in [3.8, 4) is 5.69 Å². The number of carboxylic acid groups (broad SMARTS) is 1. The van der Waals surface area contributed by atoms with Gasteiger partial charge in [-0.25, -0.2) is 9.48 Å². The van der Waals surface area contributed by atoms with E-state index in [1.54, 1.807) is 18.3 Å². The summed E-state index contributed by atoms with van der Waals surface area (Å²) in [5.41, 5.74) is 5.84. The number of carboxylic acids is 1. The first kappa shape index (κ1) is 23.8. The number of carbonyl (C=O) groups excluding carboxylic acids is 1. The maximum absolute atomic E-state index is 13.6. The number of nitrogens with zero attached hydrogens (tertiary/aromatic N) is 3. The normalized spacial score (nSPS) is 20.8. The van der Waals surface area contributed by atoms with Gasteiger partial charge in [-0.05, 0) is 48.7 Å². The van der Waals surface area contributed by atoms with Crippen molar-refractivity contribution < 1.29 is 14.7 Å². The number of benzene rings is 2. The molecule has 0 unspecified atom stereocenters. The highest BCUT2D eigenvalue weighted by Crippen LogP contribution is 2.55. The molecule has 1 amide bonds. The fourth-order valence-electron chi connectivity index (χ4n) is 5.98. The van der Waals surface area contributed by atoms with Gasteiger partial charge >= 0.3 is 5.97 Å². The quantitative estimate of drug-likeness (QED) is 0.479. The van der Waals surface area contributed by atoms with Crippen molar-refractivity contribution in [3.63, 3.8) is 0 Å². The molecular weight excluding hydrogens is 450 g/mol. The van der Waals surface area contributed by atoms with E-state index in [9.17, 15) is 14.7 Å². The molecule has 1 atom stereocenters. The van der Waals surface area contributed by atoms with Crippen LogP contribution in [0.5, 0.6) is 0 Å². The largest absolute Gasteiger partial charge is 0.478 e. The second-order valence-corrected chi connectivity index (χ2v) is 10.6. The fourth-order valence-corrected chi connectivity index (χ4v) is 5.98. The van der Waals surface area contributed by atoms with Crippen LogP contribution in [-0.2, 0) is 0 Å². The van der Waals surface area contributed by atoms with Crippen molar-refractivity contribution in [2.24, 2.45) is 10.8 Å². The summed E-state index contributed by atoms with van der Waals surface area (Å²) in [5, 5.41) is 13.7. The zero-order chi connectivity index (χ0) is 25.7. The number of hydrogen-bond acceptors (Lipinski definition) is 3. The first-order chi connectivity index (χ1) is 17.1. The van der Waals surface area contributed by atoms with E-state index in [2.05, 4.69) is 38.0 Å². The lowest BCUT2D eigenvalue weighted by Crippen LogP contribution is -2.48. The van der Waals surface area contributed by atoms with E-state index in [0.717, 1.165) is 23.4 Å².